The standard InChI is InChI=1S/C8H20N2O10S4/c1-21(11,12)9-5-7(19-23(3,15)16)8(20-24(4,17)18)6-10-22(2,13)14/h7-10H,5-6H2,1-4H3/t7-,8-/m0/s1. The van der Waals surface area contributed by atoms with Crippen LogP contribution >= 0.6 is 0 Å². The minimum atomic E-state index is -4.13. The van der Waals surface area contributed by atoms with Gasteiger partial charge in [-0.2, -0.15) is 16.8 Å². The summed E-state index contributed by atoms with van der Waals surface area (Å²) in [4.78, 5) is 0. The quantitative estimate of drug-likeness (QED) is 0.315. The molecule has 12 nitrogen and oxygen atoms in total. The first-order valence-electron chi connectivity index (χ1n) is 6.04. The lowest BCUT2D eigenvalue weighted by Gasteiger charge is -2.25. The number of sulfonamides is 2. The van der Waals surface area contributed by atoms with Crippen LogP contribution < -0.4 is 9.44 Å². The predicted octanol–water partition coefficient (Wildman–Crippen LogP) is -3.23. The fraction of sp³-hybridized carbons (Fsp3) is 1.00. The summed E-state index contributed by atoms with van der Waals surface area (Å²) in [5, 5.41) is 0. The molecule has 0 saturated heterocycles. The molecule has 2 N–H and O–H groups in total. The van der Waals surface area contributed by atoms with E-state index in [2.05, 4.69) is 8.37 Å². The van der Waals surface area contributed by atoms with Gasteiger partial charge in [-0.05, 0) is 0 Å². The number of nitrogens with one attached hydrogen (secondary N) is 2. The molecular formula is C8H20N2O10S4. The highest BCUT2D eigenvalue weighted by atomic mass is 32.2. The molecule has 0 aliphatic carbocycles. The lowest BCUT2D eigenvalue weighted by Crippen LogP contribution is -2.48. The Labute approximate surface area is 142 Å². The van der Waals surface area contributed by atoms with Crippen molar-refractivity contribution < 1.29 is 42.0 Å². The highest BCUT2D eigenvalue weighted by Crippen LogP contribution is 2.10. The second kappa shape index (κ2) is 8.35. The fourth-order valence-corrected chi connectivity index (χ4v) is 3.59. The van der Waals surface area contributed by atoms with Crippen LogP contribution in [0.25, 0.3) is 0 Å². The minimum absolute atomic E-state index is 0.655. The molecule has 0 saturated carbocycles. The average molecular weight is 433 g/mol. The second-order valence-electron chi connectivity index (χ2n) is 4.92. The van der Waals surface area contributed by atoms with Crippen LogP contribution in [0.3, 0.4) is 0 Å². The van der Waals surface area contributed by atoms with E-state index in [4.69, 9.17) is 0 Å². The van der Waals surface area contributed by atoms with Crippen LogP contribution in [0.15, 0.2) is 0 Å². The van der Waals surface area contributed by atoms with Gasteiger partial charge in [-0.15, -0.1) is 0 Å². The molecule has 0 radical (unpaired) electrons. The van der Waals surface area contributed by atoms with E-state index in [1.165, 1.54) is 0 Å². The summed E-state index contributed by atoms with van der Waals surface area (Å²) < 4.78 is 103. The molecule has 0 bridgehead atoms. The molecule has 0 rings (SSSR count). The predicted molar refractivity (Wildman–Crippen MR) is 85.1 cm³/mol. The van der Waals surface area contributed by atoms with E-state index in [1.54, 1.807) is 0 Å². The van der Waals surface area contributed by atoms with Crippen LogP contribution in [0.1, 0.15) is 0 Å². The lowest BCUT2D eigenvalue weighted by atomic mass is 10.2. The molecule has 0 aliphatic rings. The highest BCUT2D eigenvalue weighted by Gasteiger charge is 2.31. The maximum atomic E-state index is 11.3. The van der Waals surface area contributed by atoms with Crippen LogP contribution in [-0.4, -0.2) is 84.0 Å². The molecule has 0 heterocycles. The summed E-state index contributed by atoms with van der Waals surface area (Å²) >= 11 is 0. The van der Waals surface area contributed by atoms with E-state index < -0.39 is 65.6 Å². The van der Waals surface area contributed by atoms with Crippen molar-refractivity contribution in [1.82, 2.24) is 9.44 Å². The Hall–Kier alpha value is -0.360. The molecule has 0 aromatic heterocycles. The Morgan fingerprint density at radius 3 is 1.04 bits per heavy atom. The van der Waals surface area contributed by atoms with Gasteiger partial charge in [0, 0.05) is 13.1 Å². The Morgan fingerprint density at radius 1 is 0.625 bits per heavy atom. The summed E-state index contributed by atoms with van der Waals surface area (Å²) in [6, 6.07) is 0. The van der Waals surface area contributed by atoms with Crippen molar-refractivity contribution in [3.05, 3.63) is 0 Å². The molecule has 0 fully saturated rings. The van der Waals surface area contributed by atoms with Crippen molar-refractivity contribution >= 4 is 40.3 Å². The zero-order chi connectivity index (χ0) is 19.4. The van der Waals surface area contributed by atoms with Gasteiger partial charge in [-0.25, -0.2) is 26.3 Å². The maximum absolute atomic E-state index is 11.3. The Morgan fingerprint density at radius 2 is 0.875 bits per heavy atom. The van der Waals surface area contributed by atoms with Crippen LogP contribution in [0.5, 0.6) is 0 Å². The fourth-order valence-electron chi connectivity index (χ4n) is 1.37. The van der Waals surface area contributed by atoms with Crippen molar-refractivity contribution in [3.8, 4) is 0 Å². The van der Waals surface area contributed by atoms with Gasteiger partial charge in [-0.3, -0.25) is 8.37 Å². The van der Waals surface area contributed by atoms with Crippen molar-refractivity contribution in [3.63, 3.8) is 0 Å². The first-order chi connectivity index (χ1) is 10.4. The molecule has 2 atom stereocenters. The van der Waals surface area contributed by atoms with Crippen LogP contribution in [0.4, 0.5) is 0 Å². The van der Waals surface area contributed by atoms with E-state index in [1.807, 2.05) is 9.44 Å². The normalized spacial score (nSPS) is 16.7. The molecule has 0 aromatic carbocycles. The monoisotopic (exact) mass is 432 g/mol. The third-order valence-electron chi connectivity index (χ3n) is 2.10. The van der Waals surface area contributed by atoms with Crippen molar-refractivity contribution in [2.24, 2.45) is 0 Å². The van der Waals surface area contributed by atoms with Gasteiger partial charge in [0.15, 0.2) is 0 Å². The number of rotatable bonds is 11. The maximum Gasteiger partial charge on any atom is 0.264 e. The molecule has 0 aliphatic heterocycles. The molecule has 0 unspecified atom stereocenters. The van der Waals surface area contributed by atoms with Gasteiger partial charge in [0.2, 0.25) is 20.0 Å². The largest absolute Gasteiger partial charge is 0.264 e. The van der Waals surface area contributed by atoms with Gasteiger partial charge >= 0.3 is 0 Å². The summed E-state index contributed by atoms with van der Waals surface area (Å²) in [5.41, 5.74) is 0. The second-order valence-corrected chi connectivity index (χ2v) is 11.8. The summed E-state index contributed by atoms with van der Waals surface area (Å²) in [6.45, 7) is -1.34. The molecule has 24 heavy (non-hydrogen) atoms. The summed E-state index contributed by atoms with van der Waals surface area (Å²) in [5.74, 6) is 0. The molecular weight excluding hydrogens is 412 g/mol. The van der Waals surface area contributed by atoms with Gasteiger partial charge in [0.25, 0.3) is 20.2 Å². The van der Waals surface area contributed by atoms with Gasteiger partial charge < -0.3 is 0 Å². The first kappa shape index (κ1) is 23.6. The zero-order valence-corrected chi connectivity index (χ0v) is 16.6. The lowest BCUT2D eigenvalue weighted by molar-refractivity contribution is 0.0704. The topological polar surface area (TPSA) is 179 Å². The van der Waals surface area contributed by atoms with Crippen molar-refractivity contribution in [2.45, 2.75) is 12.2 Å². The SMILES string of the molecule is CS(=O)(=O)NC[C@H](OS(C)(=O)=O)[C@H](CNS(C)(=O)=O)OS(C)(=O)=O. The van der Waals surface area contributed by atoms with Crippen LogP contribution in [-0.2, 0) is 48.6 Å². The van der Waals surface area contributed by atoms with Gasteiger partial charge in [-0.1, -0.05) is 0 Å². The van der Waals surface area contributed by atoms with Gasteiger partial charge in [0.05, 0.1) is 25.0 Å². The van der Waals surface area contributed by atoms with Crippen molar-refractivity contribution in [1.29, 1.82) is 0 Å². The van der Waals surface area contributed by atoms with E-state index >= 15 is 0 Å². The van der Waals surface area contributed by atoms with E-state index in [-0.39, 0.29) is 0 Å². The molecule has 0 amide bonds. The molecule has 146 valence electrons. The third kappa shape index (κ3) is 14.0. The molecule has 0 spiro atoms. The van der Waals surface area contributed by atoms with E-state index in [0.717, 1.165) is 12.5 Å². The smallest absolute Gasteiger partial charge is 0.263 e. The van der Waals surface area contributed by atoms with Crippen LogP contribution in [0.2, 0.25) is 0 Å². The molecule has 0 aromatic rings. The van der Waals surface area contributed by atoms with E-state index in [9.17, 15) is 33.7 Å². The molecule has 16 heteroatoms. The first-order valence-corrected chi connectivity index (χ1v) is 13.5. The highest BCUT2D eigenvalue weighted by molar-refractivity contribution is 7.89. The Balaban J connectivity index is 5.57. The Bertz CT molecular complexity index is 755. The van der Waals surface area contributed by atoms with E-state index in [0.29, 0.717) is 12.5 Å². The third-order valence-corrected chi connectivity index (χ3v) is 4.68. The summed E-state index contributed by atoms with van der Waals surface area (Å²) in [6.07, 6.45) is -0.404. The van der Waals surface area contributed by atoms with Crippen molar-refractivity contribution in [2.75, 3.05) is 38.1 Å². The average Bonchev–Trinajstić information content (AvgIpc) is 2.25. The van der Waals surface area contributed by atoms with Gasteiger partial charge in [0.1, 0.15) is 12.2 Å². The Kier molecular flexibility index (Phi) is 8.22. The number of hydrogen-bond acceptors (Lipinski definition) is 10. The van der Waals surface area contributed by atoms with Crippen LogP contribution in [0, 0.1) is 0 Å². The minimum Gasteiger partial charge on any atom is -0.263 e. The summed E-state index contributed by atoms with van der Waals surface area (Å²) in [7, 11) is -15.8. The number of hydrogen-bond donors (Lipinski definition) is 2. The zero-order valence-electron chi connectivity index (χ0n) is 13.3.